The molecule has 0 fully saturated rings. The van der Waals surface area contributed by atoms with Crippen LogP contribution in [0.5, 0.6) is 5.75 Å². The second-order valence-electron chi connectivity index (χ2n) is 4.74. The first-order valence-corrected chi connectivity index (χ1v) is 7.55. The van der Waals surface area contributed by atoms with Crippen LogP contribution >= 0.6 is 11.3 Å². The van der Waals surface area contributed by atoms with E-state index >= 15 is 0 Å². The predicted octanol–water partition coefficient (Wildman–Crippen LogP) is 3.25. The number of nitrogens with one attached hydrogen (secondary N) is 1. The minimum absolute atomic E-state index is 0.0428. The van der Waals surface area contributed by atoms with Crippen LogP contribution in [0.2, 0.25) is 0 Å². The predicted molar refractivity (Wildman–Crippen MR) is 85.1 cm³/mol. The normalized spacial score (nSPS) is 11.8. The number of methoxy groups -OCH3 is 1. The molecule has 2 aromatic rings. The Morgan fingerprint density at radius 2 is 2.24 bits per heavy atom. The number of aromatic nitrogens is 1. The van der Waals surface area contributed by atoms with Crippen molar-refractivity contribution in [2.24, 2.45) is 0 Å². The Morgan fingerprint density at radius 1 is 1.48 bits per heavy atom. The first-order valence-electron chi connectivity index (χ1n) is 6.67. The summed E-state index contributed by atoms with van der Waals surface area (Å²) in [4.78, 5) is 17.9. The zero-order valence-corrected chi connectivity index (χ0v) is 13.2. The number of nitrogens with zero attached hydrogens (tertiary/aromatic N) is 2. The molecule has 112 valence electrons. The maximum absolute atomic E-state index is 12.1. The highest BCUT2D eigenvalue weighted by Crippen LogP contribution is 2.20. The number of carbonyl (C=O) groups is 1. The van der Waals surface area contributed by atoms with Crippen molar-refractivity contribution < 1.29 is 9.53 Å². The second-order valence-corrected chi connectivity index (χ2v) is 5.64. The number of hydrogen-bond acceptors (Lipinski definition) is 4. The van der Waals surface area contributed by atoms with Gasteiger partial charge in [-0.05, 0) is 25.0 Å². The van der Waals surface area contributed by atoms with Crippen LogP contribution in [0.1, 0.15) is 12.5 Å². The van der Waals surface area contributed by atoms with Gasteiger partial charge < -0.3 is 9.64 Å². The lowest BCUT2D eigenvalue weighted by molar-refractivity contribution is 0.207. The number of carbonyl (C=O) groups excluding carboxylic acids is 1. The molecule has 0 aliphatic rings. The molecular formula is C15H19N3O2S. The second kappa shape index (κ2) is 7.08. The van der Waals surface area contributed by atoms with Gasteiger partial charge in [0, 0.05) is 24.7 Å². The highest BCUT2D eigenvalue weighted by atomic mass is 32.1. The summed E-state index contributed by atoms with van der Waals surface area (Å²) in [6, 6.07) is 7.74. The van der Waals surface area contributed by atoms with Gasteiger partial charge in [-0.2, -0.15) is 0 Å². The van der Waals surface area contributed by atoms with E-state index in [-0.39, 0.29) is 12.1 Å². The van der Waals surface area contributed by atoms with Crippen LogP contribution in [0.4, 0.5) is 9.93 Å². The molecule has 0 spiro atoms. The minimum atomic E-state index is -0.160. The molecule has 1 heterocycles. The van der Waals surface area contributed by atoms with Crippen molar-refractivity contribution in [2.45, 2.75) is 19.4 Å². The van der Waals surface area contributed by atoms with Crippen LogP contribution in [-0.2, 0) is 6.42 Å². The Labute approximate surface area is 128 Å². The summed E-state index contributed by atoms with van der Waals surface area (Å²) < 4.78 is 5.34. The molecule has 0 unspecified atom stereocenters. The maximum atomic E-state index is 12.1. The van der Waals surface area contributed by atoms with Gasteiger partial charge in [0.25, 0.3) is 0 Å². The molecule has 2 rings (SSSR count). The number of ether oxygens (including phenoxy) is 1. The Kier molecular flexibility index (Phi) is 5.16. The van der Waals surface area contributed by atoms with Gasteiger partial charge in [-0.15, -0.1) is 11.3 Å². The Balaban J connectivity index is 1.98. The number of anilines is 1. The van der Waals surface area contributed by atoms with Crippen molar-refractivity contribution >= 4 is 22.5 Å². The zero-order valence-electron chi connectivity index (χ0n) is 12.4. The summed E-state index contributed by atoms with van der Waals surface area (Å²) in [5.74, 6) is 0.845. The van der Waals surface area contributed by atoms with Crippen LogP contribution in [0.3, 0.4) is 0 Å². The van der Waals surface area contributed by atoms with Crippen LogP contribution in [0.15, 0.2) is 35.8 Å². The van der Waals surface area contributed by atoms with Crippen molar-refractivity contribution in [1.82, 2.24) is 9.88 Å². The minimum Gasteiger partial charge on any atom is -0.496 e. The van der Waals surface area contributed by atoms with E-state index in [1.165, 1.54) is 11.3 Å². The van der Waals surface area contributed by atoms with Gasteiger partial charge >= 0.3 is 6.03 Å². The molecule has 0 saturated carbocycles. The van der Waals surface area contributed by atoms with E-state index in [1.54, 1.807) is 25.3 Å². The lowest BCUT2D eigenvalue weighted by Crippen LogP contribution is -2.39. The van der Waals surface area contributed by atoms with Gasteiger partial charge in [-0.1, -0.05) is 18.2 Å². The molecule has 0 aliphatic carbocycles. The van der Waals surface area contributed by atoms with Gasteiger partial charge in [0.2, 0.25) is 0 Å². The summed E-state index contributed by atoms with van der Waals surface area (Å²) in [6.45, 7) is 2.01. The van der Waals surface area contributed by atoms with Crippen molar-refractivity contribution in [1.29, 1.82) is 0 Å². The maximum Gasteiger partial charge on any atom is 0.323 e. The largest absolute Gasteiger partial charge is 0.496 e. The van der Waals surface area contributed by atoms with E-state index in [1.807, 2.05) is 36.6 Å². The zero-order chi connectivity index (χ0) is 15.2. The quantitative estimate of drug-likeness (QED) is 0.922. The van der Waals surface area contributed by atoms with E-state index in [9.17, 15) is 4.79 Å². The number of likely N-dealkylation sites (N-methyl/N-ethyl adjacent to an activating group) is 1. The molecular weight excluding hydrogens is 286 g/mol. The molecule has 0 saturated heterocycles. The molecule has 0 aliphatic heterocycles. The summed E-state index contributed by atoms with van der Waals surface area (Å²) in [5, 5.41) is 5.22. The SMILES string of the molecule is COc1ccccc1C[C@H](C)N(C)C(=O)Nc1nccs1. The molecule has 0 radical (unpaired) electrons. The standard InChI is InChI=1S/C15H19N3O2S/c1-11(10-12-6-4-5-7-13(12)20-3)18(2)15(19)17-14-16-8-9-21-14/h4-9,11H,10H2,1-3H3,(H,16,17,19)/t11-/m0/s1. The van der Waals surface area contributed by atoms with E-state index in [4.69, 9.17) is 4.74 Å². The van der Waals surface area contributed by atoms with Gasteiger partial charge in [-0.3, -0.25) is 5.32 Å². The van der Waals surface area contributed by atoms with E-state index in [0.29, 0.717) is 5.13 Å². The first kappa shape index (κ1) is 15.3. The lowest BCUT2D eigenvalue weighted by Gasteiger charge is -2.25. The van der Waals surface area contributed by atoms with Crippen molar-refractivity contribution in [3.63, 3.8) is 0 Å². The van der Waals surface area contributed by atoms with Gasteiger partial charge in [0.1, 0.15) is 5.75 Å². The number of thiazole rings is 1. The third-order valence-corrected chi connectivity index (χ3v) is 4.02. The van der Waals surface area contributed by atoms with Gasteiger partial charge in [0.15, 0.2) is 5.13 Å². The Morgan fingerprint density at radius 3 is 2.90 bits per heavy atom. The number of para-hydroxylation sites is 1. The van der Waals surface area contributed by atoms with Crippen molar-refractivity contribution in [3.8, 4) is 5.75 Å². The number of hydrogen-bond donors (Lipinski definition) is 1. The third-order valence-electron chi connectivity index (χ3n) is 3.34. The first-order chi connectivity index (χ1) is 10.1. The fourth-order valence-corrected chi connectivity index (χ4v) is 2.51. The molecule has 5 nitrogen and oxygen atoms in total. The van der Waals surface area contributed by atoms with E-state index in [2.05, 4.69) is 10.3 Å². The summed E-state index contributed by atoms with van der Waals surface area (Å²) >= 11 is 1.40. The summed E-state index contributed by atoms with van der Waals surface area (Å²) in [6.07, 6.45) is 2.39. The highest BCUT2D eigenvalue weighted by molar-refractivity contribution is 7.13. The molecule has 1 N–H and O–H groups in total. The van der Waals surface area contributed by atoms with Crippen LogP contribution in [-0.4, -0.2) is 36.1 Å². The average molecular weight is 305 g/mol. The molecule has 0 bridgehead atoms. The number of benzene rings is 1. The molecule has 1 aromatic carbocycles. The smallest absolute Gasteiger partial charge is 0.323 e. The van der Waals surface area contributed by atoms with Crippen LogP contribution in [0.25, 0.3) is 0 Å². The molecule has 2 amide bonds. The fraction of sp³-hybridized carbons (Fsp3) is 0.333. The van der Waals surface area contributed by atoms with E-state index < -0.39 is 0 Å². The van der Waals surface area contributed by atoms with Crippen LogP contribution < -0.4 is 10.1 Å². The number of rotatable bonds is 5. The highest BCUT2D eigenvalue weighted by Gasteiger charge is 2.18. The van der Waals surface area contributed by atoms with Crippen LogP contribution in [0, 0.1) is 0 Å². The van der Waals surface area contributed by atoms with Gasteiger partial charge in [0.05, 0.1) is 7.11 Å². The monoisotopic (exact) mass is 305 g/mol. The number of urea groups is 1. The molecule has 1 atom stereocenters. The lowest BCUT2D eigenvalue weighted by atomic mass is 10.1. The summed E-state index contributed by atoms with van der Waals surface area (Å²) in [5.41, 5.74) is 1.08. The average Bonchev–Trinajstić information content (AvgIpc) is 2.99. The molecule has 6 heteroatoms. The van der Waals surface area contributed by atoms with Crippen molar-refractivity contribution in [2.75, 3.05) is 19.5 Å². The molecule has 1 aromatic heterocycles. The van der Waals surface area contributed by atoms with E-state index in [0.717, 1.165) is 17.7 Å². The Bertz CT molecular complexity index is 586. The fourth-order valence-electron chi connectivity index (χ4n) is 1.99. The third kappa shape index (κ3) is 3.95. The Hall–Kier alpha value is -2.08. The topological polar surface area (TPSA) is 54.5 Å². The molecule has 21 heavy (non-hydrogen) atoms. The van der Waals surface area contributed by atoms with Gasteiger partial charge in [-0.25, -0.2) is 9.78 Å². The van der Waals surface area contributed by atoms with Crippen molar-refractivity contribution in [3.05, 3.63) is 41.4 Å². The summed E-state index contributed by atoms with van der Waals surface area (Å²) in [7, 11) is 3.44. The number of amides is 2.